The normalized spacial score (nSPS) is 22.6. The van der Waals surface area contributed by atoms with Crippen LogP contribution in [0.15, 0.2) is 23.1 Å². The summed E-state index contributed by atoms with van der Waals surface area (Å²) < 4.78 is 40.4. The lowest BCUT2D eigenvalue weighted by atomic mass is 9.88. The fourth-order valence-electron chi connectivity index (χ4n) is 2.54. The molecule has 0 aliphatic heterocycles. The molecule has 106 valence electrons. The number of hydrogen-bond acceptors (Lipinski definition) is 3. The smallest absolute Gasteiger partial charge is 0.241 e. The fraction of sp³-hybridized carbons (Fsp3) is 0.538. The van der Waals surface area contributed by atoms with Crippen molar-refractivity contribution in [3.63, 3.8) is 0 Å². The minimum atomic E-state index is -3.73. The third-order valence-corrected chi connectivity index (χ3v) is 5.21. The predicted octanol–water partition coefficient (Wildman–Crippen LogP) is 2.26. The first kappa shape index (κ1) is 14.3. The molecular weight excluding hydrogens is 267 g/mol. The molecule has 1 aliphatic carbocycles. The number of hydrogen-bond donors (Lipinski definition) is 2. The van der Waals surface area contributed by atoms with E-state index in [1.807, 2.05) is 13.8 Å². The second-order valence-corrected chi connectivity index (χ2v) is 7.49. The molecule has 2 rings (SSSR count). The summed E-state index contributed by atoms with van der Waals surface area (Å²) in [6, 6.07) is 3.23. The predicted molar refractivity (Wildman–Crippen MR) is 72.6 cm³/mol. The molecule has 1 saturated carbocycles. The highest BCUT2D eigenvalue weighted by Crippen LogP contribution is 2.38. The Balaban J connectivity index is 2.28. The summed E-state index contributed by atoms with van der Waals surface area (Å²) in [5.41, 5.74) is 5.51. The van der Waals surface area contributed by atoms with Crippen molar-refractivity contribution >= 4 is 15.7 Å². The van der Waals surface area contributed by atoms with Crippen molar-refractivity contribution in [1.82, 2.24) is 4.72 Å². The van der Waals surface area contributed by atoms with E-state index in [4.69, 9.17) is 5.73 Å². The van der Waals surface area contributed by atoms with Crippen molar-refractivity contribution in [2.45, 2.75) is 44.0 Å². The Morgan fingerprint density at radius 1 is 1.37 bits per heavy atom. The third kappa shape index (κ3) is 3.06. The van der Waals surface area contributed by atoms with Gasteiger partial charge in [-0.25, -0.2) is 17.5 Å². The number of anilines is 1. The number of halogens is 1. The van der Waals surface area contributed by atoms with Gasteiger partial charge in [0.1, 0.15) is 5.82 Å². The lowest BCUT2D eigenvalue weighted by Gasteiger charge is -2.27. The Morgan fingerprint density at radius 2 is 2.05 bits per heavy atom. The summed E-state index contributed by atoms with van der Waals surface area (Å²) in [7, 11) is -3.73. The highest BCUT2D eigenvalue weighted by atomic mass is 32.2. The standard InChI is InChI=1S/C13H19FN2O2S/c1-13(2)5-3-4-12(13)16-19(17,18)11-7-9(14)6-10(15)8-11/h6-8,12,16H,3-5,15H2,1-2H3. The summed E-state index contributed by atoms with van der Waals surface area (Å²) in [6.07, 6.45) is 2.77. The van der Waals surface area contributed by atoms with E-state index in [-0.39, 0.29) is 22.0 Å². The number of nitrogen functional groups attached to an aromatic ring is 1. The SMILES string of the molecule is CC1(C)CCCC1NS(=O)(=O)c1cc(N)cc(F)c1. The van der Waals surface area contributed by atoms with Crippen molar-refractivity contribution in [2.24, 2.45) is 5.41 Å². The Hall–Kier alpha value is -1.14. The first-order chi connectivity index (χ1) is 8.71. The zero-order chi connectivity index (χ0) is 14.3. The van der Waals surface area contributed by atoms with Gasteiger partial charge in [-0.05, 0) is 36.5 Å². The van der Waals surface area contributed by atoms with Gasteiger partial charge >= 0.3 is 0 Å². The van der Waals surface area contributed by atoms with Crippen molar-refractivity contribution in [1.29, 1.82) is 0 Å². The van der Waals surface area contributed by atoms with Crippen LogP contribution in [0.25, 0.3) is 0 Å². The van der Waals surface area contributed by atoms with Gasteiger partial charge in [0.25, 0.3) is 0 Å². The minimum Gasteiger partial charge on any atom is -0.399 e. The van der Waals surface area contributed by atoms with Crippen molar-refractivity contribution in [3.05, 3.63) is 24.0 Å². The van der Waals surface area contributed by atoms with Gasteiger partial charge in [-0.2, -0.15) is 0 Å². The minimum absolute atomic E-state index is 0.0774. The molecule has 1 unspecified atom stereocenters. The first-order valence-corrected chi connectivity index (χ1v) is 7.77. The van der Waals surface area contributed by atoms with Crippen molar-refractivity contribution in [3.8, 4) is 0 Å². The van der Waals surface area contributed by atoms with Crippen LogP contribution >= 0.6 is 0 Å². The topological polar surface area (TPSA) is 72.2 Å². The van der Waals surface area contributed by atoms with Crippen LogP contribution in [0, 0.1) is 11.2 Å². The van der Waals surface area contributed by atoms with Crippen LogP contribution in [0.4, 0.5) is 10.1 Å². The number of sulfonamides is 1. The van der Waals surface area contributed by atoms with Gasteiger partial charge in [0.2, 0.25) is 10.0 Å². The second kappa shape index (κ2) is 4.76. The molecule has 1 aromatic rings. The zero-order valence-corrected chi connectivity index (χ0v) is 11.9. The first-order valence-electron chi connectivity index (χ1n) is 6.29. The van der Waals surface area contributed by atoms with Crippen LogP contribution in [0.5, 0.6) is 0 Å². The van der Waals surface area contributed by atoms with Gasteiger partial charge in [-0.3, -0.25) is 0 Å². The van der Waals surface area contributed by atoms with Gasteiger partial charge in [0.05, 0.1) is 4.90 Å². The molecule has 1 atom stereocenters. The van der Waals surface area contributed by atoms with E-state index >= 15 is 0 Å². The van der Waals surface area contributed by atoms with Gasteiger partial charge in [0, 0.05) is 11.7 Å². The Morgan fingerprint density at radius 3 is 2.58 bits per heavy atom. The van der Waals surface area contributed by atoms with Crippen LogP contribution < -0.4 is 10.5 Å². The van der Waals surface area contributed by atoms with E-state index in [0.717, 1.165) is 31.4 Å². The second-order valence-electron chi connectivity index (χ2n) is 5.77. The molecule has 4 nitrogen and oxygen atoms in total. The molecule has 0 heterocycles. The maximum absolute atomic E-state index is 13.3. The quantitative estimate of drug-likeness (QED) is 0.837. The van der Waals surface area contributed by atoms with E-state index in [2.05, 4.69) is 4.72 Å². The van der Waals surface area contributed by atoms with Gasteiger partial charge in [0.15, 0.2) is 0 Å². The summed E-state index contributed by atoms with van der Waals surface area (Å²) in [5, 5.41) is 0. The van der Waals surface area contributed by atoms with E-state index in [1.165, 1.54) is 6.07 Å². The number of rotatable bonds is 3. The third-order valence-electron chi connectivity index (χ3n) is 3.76. The van der Waals surface area contributed by atoms with Crippen molar-refractivity contribution in [2.75, 3.05) is 5.73 Å². The summed E-state index contributed by atoms with van der Waals surface area (Å²) in [5.74, 6) is -0.647. The zero-order valence-electron chi connectivity index (χ0n) is 11.1. The molecule has 0 spiro atoms. The number of nitrogens with two attached hydrogens (primary N) is 1. The van der Waals surface area contributed by atoms with Crippen LogP contribution in [-0.4, -0.2) is 14.5 Å². The van der Waals surface area contributed by atoms with E-state index in [0.29, 0.717) is 0 Å². The van der Waals surface area contributed by atoms with E-state index in [1.54, 1.807) is 0 Å². The average molecular weight is 286 g/mol. The van der Waals surface area contributed by atoms with Crippen LogP contribution in [0.2, 0.25) is 0 Å². The lowest BCUT2D eigenvalue weighted by Crippen LogP contribution is -2.41. The monoisotopic (exact) mass is 286 g/mol. The molecule has 3 N–H and O–H groups in total. The largest absolute Gasteiger partial charge is 0.399 e. The van der Waals surface area contributed by atoms with Gasteiger partial charge in [-0.15, -0.1) is 0 Å². The molecule has 0 radical (unpaired) electrons. The molecule has 1 aromatic carbocycles. The molecule has 1 fully saturated rings. The molecule has 0 aromatic heterocycles. The highest BCUT2D eigenvalue weighted by molar-refractivity contribution is 7.89. The van der Waals surface area contributed by atoms with Crippen LogP contribution in [-0.2, 0) is 10.0 Å². The molecule has 19 heavy (non-hydrogen) atoms. The Labute approximate surface area is 113 Å². The summed E-state index contributed by atoms with van der Waals surface area (Å²) >= 11 is 0. The van der Waals surface area contributed by atoms with Gasteiger partial charge in [-0.1, -0.05) is 20.3 Å². The number of nitrogens with one attached hydrogen (secondary N) is 1. The highest BCUT2D eigenvalue weighted by Gasteiger charge is 2.37. The molecule has 0 saturated heterocycles. The Bertz CT molecular complexity index is 564. The molecule has 0 amide bonds. The lowest BCUT2D eigenvalue weighted by molar-refractivity contribution is 0.313. The van der Waals surface area contributed by atoms with Crippen LogP contribution in [0.3, 0.4) is 0 Å². The maximum atomic E-state index is 13.3. The van der Waals surface area contributed by atoms with Gasteiger partial charge < -0.3 is 5.73 Å². The molecule has 6 heteroatoms. The Kier molecular flexibility index (Phi) is 3.57. The summed E-state index contributed by atoms with van der Waals surface area (Å²) in [6.45, 7) is 4.07. The van der Waals surface area contributed by atoms with E-state index in [9.17, 15) is 12.8 Å². The summed E-state index contributed by atoms with van der Waals surface area (Å²) in [4.78, 5) is -0.118. The van der Waals surface area contributed by atoms with Crippen molar-refractivity contribution < 1.29 is 12.8 Å². The van der Waals surface area contributed by atoms with Crippen LogP contribution in [0.1, 0.15) is 33.1 Å². The van der Waals surface area contributed by atoms with E-state index < -0.39 is 15.8 Å². The number of benzene rings is 1. The molecule has 1 aliphatic rings. The average Bonchev–Trinajstić information content (AvgIpc) is 2.56. The maximum Gasteiger partial charge on any atom is 0.241 e. The molecule has 0 bridgehead atoms. The fourth-order valence-corrected chi connectivity index (χ4v) is 4.05. The molecular formula is C13H19FN2O2S.